The van der Waals surface area contributed by atoms with E-state index < -0.39 is 5.91 Å². The lowest BCUT2D eigenvalue weighted by molar-refractivity contribution is 0.0994. The molecule has 0 aliphatic rings. The van der Waals surface area contributed by atoms with Gasteiger partial charge in [0.1, 0.15) is 0 Å². The van der Waals surface area contributed by atoms with Crippen molar-refractivity contribution in [3.05, 3.63) is 11.4 Å². The Morgan fingerprint density at radius 1 is 1.64 bits per heavy atom. The number of primary amides is 1. The summed E-state index contributed by atoms with van der Waals surface area (Å²) < 4.78 is 1.50. The van der Waals surface area contributed by atoms with E-state index in [9.17, 15) is 4.79 Å². The third-order valence-corrected chi connectivity index (χ3v) is 1.87. The fourth-order valence-corrected chi connectivity index (χ4v) is 1.33. The van der Waals surface area contributed by atoms with Crippen LogP contribution < -0.4 is 5.73 Å². The van der Waals surface area contributed by atoms with Crippen LogP contribution in [0, 0.1) is 0 Å². The highest BCUT2D eigenvalue weighted by atomic mass is 16.3. The van der Waals surface area contributed by atoms with Gasteiger partial charge < -0.3 is 10.8 Å². The third-order valence-electron chi connectivity index (χ3n) is 1.87. The second kappa shape index (κ2) is 4.19. The van der Waals surface area contributed by atoms with Crippen LogP contribution in [0.2, 0.25) is 0 Å². The van der Waals surface area contributed by atoms with E-state index in [0.717, 1.165) is 0 Å². The highest BCUT2D eigenvalue weighted by Gasteiger charge is 2.19. The van der Waals surface area contributed by atoms with E-state index >= 15 is 0 Å². The summed E-state index contributed by atoms with van der Waals surface area (Å²) in [5.41, 5.74) is 6.01. The maximum atomic E-state index is 11.0. The van der Waals surface area contributed by atoms with Crippen molar-refractivity contribution in [2.75, 3.05) is 6.61 Å². The fraction of sp³-hybridized carbons (Fsp3) is 0.625. The molecule has 1 aromatic heterocycles. The minimum Gasteiger partial charge on any atom is -0.394 e. The van der Waals surface area contributed by atoms with Crippen molar-refractivity contribution in [1.82, 2.24) is 15.0 Å². The number of hydrogen-bond acceptors (Lipinski definition) is 4. The van der Waals surface area contributed by atoms with Gasteiger partial charge in [-0.2, -0.15) is 0 Å². The molecule has 1 heterocycles. The molecule has 3 N–H and O–H groups in total. The molecule has 0 radical (unpaired) electrons. The molecular formula is C8H14N4O2. The number of hydrogen-bond donors (Lipinski definition) is 2. The number of amides is 1. The van der Waals surface area contributed by atoms with Gasteiger partial charge in [-0.3, -0.25) is 4.79 Å². The van der Waals surface area contributed by atoms with Gasteiger partial charge in [-0.25, -0.2) is 4.68 Å². The summed E-state index contributed by atoms with van der Waals surface area (Å²) in [6.07, 6.45) is 0. The number of aromatic nitrogens is 3. The molecule has 1 amide bonds. The predicted octanol–water partition coefficient (Wildman–Crippen LogP) is -0.507. The Kier molecular flexibility index (Phi) is 3.19. The van der Waals surface area contributed by atoms with Crippen LogP contribution in [0.1, 0.15) is 35.9 Å². The number of nitrogens with zero attached hydrogens (tertiary/aromatic N) is 3. The molecule has 0 bridgehead atoms. The van der Waals surface area contributed by atoms with Crippen molar-refractivity contribution in [2.24, 2.45) is 5.73 Å². The first-order valence-corrected chi connectivity index (χ1v) is 4.42. The molecule has 0 atom stereocenters. The van der Waals surface area contributed by atoms with Crippen LogP contribution >= 0.6 is 0 Å². The van der Waals surface area contributed by atoms with E-state index in [1.54, 1.807) is 0 Å². The van der Waals surface area contributed by atoms with Crippen molar-refractivity contribution in [3.8, 4) is 0 Å². The summed E-state index contributed by atoms with van der Waals surface area (Å²) in [4.78, 5) is 11.0. The molecule has 0 aliphatic heterocycles. The third kappa shape index (κ3) is 1.90. The van der Waals surface area contributed by atoms with Crippen LogP contribution in [-0.4, -0.2) is 32.6 Å². The van der Waals surface area contributed by atoms with Crippen LogP contribution in [0.25, 0.3) is 0 Å². The average Bonchev–Trinajstić information content (AvgIpc) is 2.48. The number of nitrogens with two attached hydrogens (primary N) is 1. The zero-order chi connectivity index (χ0) is 10.7. The van der Waals surface area contributed by atoms with Crippen LogP contribution in [0.4, 0.5) is 0 Å². The summed E-state index contributed by atoms with van der Waals surface area (Å²) in [7, 11) is 0. The second-order valence-electron chi connectivity index (χ2n) is 3.29. The summed E-state index contributed by atoms with van der Waals surface area (Å²) in [5, 5.41) is 16.2. The van der Waals surface area contributed by atoms with E-state index in [1.165, 1.54) is 4.68 Å². The SMILES string of the molecule is CC(C)c1c(C(N)=O)nnn1CCO. The second-order valence-corrected chi connectivity index (χ2v) is 3.29. The van der Waals surface area contributed by atoms with Crippen molar-refractivity contribution in [2.45, 2.75) is 26.3 Å². The number of aliphatic hydroxyl groups is 1. The molecule has 78 valence electrons. The van der Waals surface area contributed by atoms with Crippen molar-refractivity contribution in [1.29, 1.82) is 0 Å². The van der Waals surface area contributed by atoms with E-state index in [1.807, 2.05) is 13.8 Å². The molecule has 0 unspecified atom stereocenters. The lowest BCUT2D eigenvalue weighted by Crippen LogP contribution is -2.16. The quantitative estimate of drug-likeness (QED) is 0.681. The normalized spacial score (nSPS) is 10.9. The monoisotopic (exact) mass is 198 g/mol. The minimum atomic E-state index is -0.585. The highest BCUT2D eigenvalue weighted by molar-refractivity contribution is 5.91. The van der Waals surface area contributed by atoms with E-state index in [4.69, 9.17) is 10.8 Å². The van der Waals surface area contributed by atoms with E-state index in [2.05, 4.69) is 10.3 Å². The smallest absolute Gasteiger partial charge is 0.271 e. The number of aliphatic hydroxyl groups excluding tert-OH is 1. The molecule has 6 heteroatoms. The van der Waals surface area contributed by atoms with Crippen LogP contribution in [0.3, 0.4) is 0 Å². The largest absolute Gasteiger partial charge is 0.394 e. The zero-order valence-electron chi connectivity index (χ0n) is 8.27. The van der Waals surface area contributed by atoms with Gasteiger partial charge >= 0.3 is 0 Å². The Labute approximate surface area is 81.7 Å². The maximum absolute atomic E-state index is 11.0. The van der Waals surface area contributed by atoms with Gasteiger partial charge in [0.05, 0.1) is 18.8 Å². The molecule has 0 saturated heterocycles. The van der Waals surface area contributed by atoms with Crippen LogP contribution in [0.5, 0.6) is 0 Å². The molecule has 0 saturated carbocycles. The first-order chi connectivity index (χ1) is 6.57. The fourth-order valence-electron chi connectivity index (χ4n) is 1.33. The summed E-state index contributed by atoms with van der Waals surface area (Å²) in [6.45, 7) is 4.12. The van der Waals surface area contributed by atoms with Gasteiger partial charge in [0, 0.05) is 0 Å². The van der Waals surface area contributed by atoms with Gasteiger partial charge in [0.2, 0.25) is 0 Å². The number of rotatable bonds is 4. The number of carbonyl (C=O) groups is 1. The van der Waals surface area contributed by atoms with Crippen molar-refractivity contribution >= 4 is 5.91 Å². The van der Waals surface area contributed by atoms with E-state index in [0.29, 0.717) is 12.2 Å². The summed E-state index contributed by atoms with van der Waals surface area (Å²) >= 11 is 0. The van der Waals surface area contributed by atoms with E-state index in [-0.39, 0.29) is 18.2 Å². The van der Waals surface area contributed by atoms with Gasteiger partial charge in [-0.05, 0) is 5.92 Å². The van der Waals surface area contributed by atoms with Crippen molar-refractivity contribution in [3.63, 3.8) is 0 Å². The first kappa shape index (κ1) is 10.6. The van der Waals surface area contributed by atoms with Crippen LogP contribution in [0.15, 0.2) is 0 Å². The minimum absolute atomic E-state index is 0.0404. The van der Waals surface area contributed by atoms with Gasteiger partial charge in [-0.1, -0.05) is 19.1 Å². The topological polar surface area (TPSA) is 94.0 Å². The summed E-state index contributed by atoms with van der Waals surface area (Å²) in [6, 6.07) is 0. The first-order valence-electron chi connectivity index (χ1n) is 4.42. The highest BCUT2D eigenvalue weighted by Crippen LogP contribution is 2.16. The molecule has 1 aromatic rings. The van der Waals surface area contributed by atoms with Gasteiger partial charge in [0.15, 0.2) is 5.69 Å². The Morgan fingerprint density at radius 2 is 2.29 bits per heavy atom. The molecule has 6 nitrogen and oxygen atoms in total. The molecule has 0 fully saturated rings. The standard InChI is InChI=1S/C8H14N4O2/c1-5(2)7-6(8(9)14)10-11-12(7)3-4-13/h5,13H,3-4H2,1-2H3,(H2,9,14). The maximum Gasteiger partial charge on any atom is 0.271 e. The molecule has 1 rings (SSSR count). The molecule has 0 spiro atoms. The predicted molar refractivity (Wildman–Crippen MR) is 49.7 cm³/mol. The molecule has 14 heavy (non-hydrogen) atoms. The molecule has 0 aromatic carbocycles. The van der Waals surface area contributed by atoms with Crippen molar-refractivity contribution < 1.29 is 9.90 Å². The molecular weight excluding hydrogens is 184 g/mol. The lowest BCUT2D eigenvalue weighted by atomic mass is 10.1. The Morgan fingerprint density at radius 3 is 2.71 bits per heavy atom. The Balaban J connectivity index is 3.13. The zero-order valence-corrected chi connectivity index (χ0v) is 8.27. The lowest BCUT2D eigenvalue weighted by Gasteiger charge is -2.08. The molecule has 0 aliphatic carbocycles. The number of carbonyl (C=O) groups excluding carboxylic acids is 1. The Hall–Kier alpha value is -1.43. The van der Waals surface area contributed by atoms with Gasteiger partial charge in [-0.15, -0.1) is 5.10 Å². The Bertz CT molecular complexity index is 332. The van der Waals surface area contributed by atoms with Gasteiger partial charge in [0.25, 0.3) is 5.91 Å². The van der Waals surface area contributed by atoms with Crippen LogP contribution in [-0.2, 0) is 6.54 Å². The summed E-state index contributed by atoms with van der Waals surface area (Å²) in [5.74, 6) is -0.489. The average molecular weight is 198 g/mol.